The molecule has 2 aromatic rings. The van der Waals surface area contributed by atoms with Crippen molar-refractivity contribution in [3.63, 3.8) is 0 Å². The van der Waals surface area contributed by atoms with Crippen LogP contribution in [0.5, 0.6) is 0 Å². The number of benzene rings is 2. The Morgan fingerprint density at radius 2 is 1.71 bits per heavy atom. The zero-order valence-electron chi connectivity index (χ0n) is 18.2. The summed E-state index contributed by atoms with van der Waals surface area (Å²) in [5.74, 6) is 0.0562. The van der Waals surface area contributed by atoms with E-state index in [0.29, 0.717) is 42.9 Å². The third kappa shape index (κ3) is 3.89. The highest BCUT2D eigenvalue weighted by Gasteiger charge is 2.38. The average Bonchev–Trinajstić information content (AvgIpc) is 2.97. The molecule has 4 rings (SSSR count). The van der Waals surface area contributed by atoms with E-state index in [1.54, 1.807) is 23.1 Å². The highest BCUT2D eigenvalue weighted by Crippen LogP contribution is 2.41. The van der Waals surface area contributed by atoms with Crippen LogP contribution in [0.2, 0.25) is 0 Å². The number of sulfonamides is 1. The lowest BCUT2D eigenvalue weighted by Crippen LogP contribution is -2.48. The third-order valence-corrected chi connectivity index (χ3v) is 8.35. The maximum atomic E-state index is 13.1. The second kappa shape index (κ2) is 8.15. The van der Waals surface area contributed by atoms with E-state index in [1.165, 1.54) is 4.31 Å². The molecule has 31 heavy (non-hydrogen) atoms. The minimum absolute atomic E-state index is 0.0394. The van der Waals surface area contributed by atoms with Gasteiger partial charge in [-0.05, 0) is 43.2 Å². The molecule has 2 amide bonds. The second-order valence-electron chi connectivity index (χ2n) is 8.84. The van der Waals surface area contributed by atoms with Crippen molar-refractivity contribution in [1.82, 2.24) is 10.2 Å². The lowest BCUT2D eigenvalue weighted by Gasteiger charge is -2.33. The first-order chi connectivity index (χ1) is 14.7. The van der Waals surface area contributed by atoms with Crippen molar-refractivity contribution in [3.8, 4) is 0 Å². The number of amides is 2. The largest absolute Gasteiger partial charge is 0.353 e. The molecule has 0 radical (unpaired) electrons. The third-order valence-electron chi connectivity index (χ3n) is 6.55. The number of hydrogen-bond donors (Lipinski definition) is 1. The second-order valence-corrected chi connectivity index (χ2v) is 10.7. The van der Waals surface area contributed by atoms with Gasteiger partial charge in [0.15, 0.2) is 0 Å². The fourth-order valence-corrected chi connectivity index (χ4v) is 5.91. The van der Waals surface area contributed by atoms with Gasteiger partial charge in [0.2, 0.25) is 11.8 Å². The van der Waals surface area contributed by atoms with Crippen LogP contribution in [0.3, 0.4) is 0 Å². The topological polar surface area (TPSA) is 86.8 Å². The Labute approximate surface area is 183 Å². The SMILES string of the molecule is CC(C)C(C)NC(=O)C1CCN(C(=O)CN2c3cccc4cccc(c34)S2(=O)=O)CC1. The summed E-state index contributed by atoms with van der Waals surface area (Å²) in [5.41, 5.74) is 0.554. The van der Waals surface area contributed by atoms with Crippen molar-refractivity contribution in [2.75, 3.05) is 23.9 Å². The number of carbonyl (C=O) groups is 2. The molecule has 2 heterocycles. The zero-order chi connectivity index (χ0) is 22.3. The van der Waals surface area contributed by atoms with E-state index in [-0.39, 0.29) is 35.2 Å². The first-order valence-corrected chi connectivity index (χ1v) is 12.3. The van der Waals surface area contributed by atoms with Gasteiger partial charge in [0.25, 0.3) is 10.0 Å². The molecular weight excluding hydrogens is 414 g/mol. The predicted octanol–water partition coefficient (Wildman–Crippen LogP) is 2.75. The van der Waals surface area contributed by atoms with Crippen LogP contribution in [0.15, 0.2) is 41.3 Å². The fraction of sp³-hybridized carbons (Fsp3) is 0.478. The van der Waals surface area contributed by atoms with Crippen LogP contribution in [0.4, 0.5) is 5.69 Å². The molecule has 1 unspecified atom stereocenters. The summed E-state index contributed by atoms with van der Waals surface area (Å²) in [6, 6.07) is 10.7. The summed E-state index contributed by atoms with van der Waals surface area (Å²) in [5, 5.41) is 4.57. The molecule has 2 aromatic carbocycles. The molecule has 7 nitrogen and oxygen atoms in total. The van der Waals surface area contributed by atoms with E-state index in [0.717, 1.165) is 5.39 Å². The van der Waals surface area contributed by atoms with E-state index in [2.05, 4.69) is 19.2 Å². The van der Waals surface area contributed by atoms with Gasteiger partial charge < -0.3 is 10.2 Å². The minimum Gasteiger partial charge on any atom is -0.353 e. The summed E-state index contributed by atoms with van der Waals surface area (Å²) in [6.45, 7) is 6.82. The van der Waals surface area contributed by atoms with Crippen LogP contribution in [-0.2, 0) is 19.6 Å². The Morgan fingerprint density at radius 1 is 1.06 bits per heavy atom. The lowest BCUT2D eigenvalue weighted by molar-refractivity contribution is -0.134. The number of anilines is 1. The zero-order valence-corrected chi connectivity index (χ0v) is 19.0. The van der Waals surface area contributed by atoms with E-state index in [9.17, 15) is 18.0 Å². The van der Waals surface area contributed by atoms with E-state index in [1.807, 2.05) is 25.1 Å². The molecule has 166 valence electrons. The van der Waals surface area contributed by atoms with Gasteiger partial charge in [-0.15, -0.1) is 0 Å². The van der Waals surface area contributed by atoms with E-state index >= 15 is 0 Å². The van der Waals surface area contributed by atoms with Gasteiger partial charge >= 0.3 is 0 Å². The number of piperidine rings is 1. The van der Waals surface area contributed by atoms with E-state index in [4.69, 9.17) is 0 Å². The van der Waals surface area contributed by atoms with Crippen molar-refractivity contribution >= 4 is 38.3 Å². The molecule has 1 saturated heterocycles. The molecule has 0 spiro atoms. The first kappa shape index (κ1) is 21.6. The smallest absolute Gasteiger partial charge is 0.265 e. The fourth-order valence-electron chi connectivity index (χ4n) is 4.25. The van der Waals surface area contributed by atoms with Crippen LogP contribution in [0, 0.1) is 11.8 Å². The summed E-state index contributed by atoms with van der Waals surface area (Å²) in [4.78, 5) is 27.4. The van der Waals surface area contributed by atoms with Gasteiger partial charge in [-0.25, -0.2) is 8.42 Å². The van der Waals surface area contributed by atoms with E-state index < -0.39 is 10.0 Å². The number of nitrogens with zero attached hydrogens (tertiary/aromatic N) is 2. The van der Waals surface area contributed by atoms with Gasteiger partial charge in [-0.3, -0.25) is 13.9 Å². The molecule has 0 bridgehead atoms. The Hall–Kier alpha value is -2.61. The number of likely N-dealkylation sites (tertiary alicyclic amines) is 1. The minimum atomic E-state index is -3.76. The van der Waals surface area contributed by atoms with Gasteiger partial charge in [-0.2, -0.15) is 0 Å². The quantitative estimate of drug-likeness (QED) is 0.770. The number of rotatable bonds is 5. The Morgan fingerprint density at radius 3 is 2.35 bits per heavy atom. The molecule has 0 aromatic heterocycles. The molecule has 2 aliphatic heterocycles. The Balaban J connectivity index is 1.42. The molecule has 8 heteroatoms. The van der Waals surface area contributed by atoms with Crippen LogP contribution >= 0.6 is 0 Å². The van der Waals surface area contributed by atoms with Gasteiger partial charge in [0.05, 0.1) is 10.6 Å². The van der Waals surface area contributed by atoms with Crippen LogP contribution in [0.25, 0.3) is 10.8 Å². The van der Waals surface area contributed by atoms with Crippen molar-refractivity contribution in [1.29, 1.82) is 0 Å². The molecule has 0 aliphatic carbocycles. The molecular formula is C23H29N3O4S. The number of carbonyl (C=O) groups excluding carboxylic acids is 2. The first-order valence-electron chi connectivity index (χ1n) is 10.8. The summed E-state index contributed by atoms with van der Waals surface area (Å²) >= 11 is 0. The normalized spacial score (nSPS) is 19.1. The Bertz CT molecular complexity index is 1120. The monoisotopic (exact) mass is 443 g/mol. The maximum Gasteiger partial charge on any atom is 0.265 e. The average molecular weight is 444 g/mol. The van der Waals surface area contributed by atoms with Gasteiger partial charge in [0.1, 0.15) is 6.54 Å². The summed E-state index contributed by atoms with van der Waals surface area (Å²) in [7, 11) is -3.76. The highest BCUT2D eigenvalue weighted by atomic mass is 32.2. The lowest BCUT2D eigenvalue weighted by atomic mass is 9.94. The van der Waals surface area contributed by atoms with Crippen LogP contribution in [0.1, 0.15) is 33.6 Å². The van der Waals surface area contributed by atoms with Crippen molar-refractivity contribution in [3.05, 3.63) is 36.4 Å². The summed E-state index contributed by atoms with van der Waals surface area (Å²) < 4.78 is 27.4. The van der Waals surface area contributed by atoms with Crippen molar-refractivity contribution < 1.29 is 18.0 Å². The number of hydrogen-bond acceptors (Lipinski definition) is 4. The Kier molecular flexibility index (Phi) is 5.68. The maximum absolute atomic E-state index is 13.1. The van der Waals surface area contributed by atoms with Crippen LogP contribution < -0.4 is 9.62 Å². The molecule has 1 fully saturated rings. The van der Waals surface area contributed by atoms with Crippen molar-refractivity contribution in [2.24, 2.45) is 11.8 Å². The molecule has 1 atom stereocenters. The molecule has 2 aliphatic rings. The van der Waals surface area contributed by atoms with Gasteiger partial charge in [0, 0.05) is 30.4 Å². The van der Waals surface area contributed by atoms with Crippen LogP contribution in [-0.4, -0.2) is 50.8 Å². The highest BCUT2D eigenvalue weighted by molar-refractivity contribution is 7.93. The standard InChI is InChI=1S/C23H29N3O4S/c1-15(2)16(3)24-23(28)18-10-12-25(13-11-18)21(27)14-26-19-8-4-6-17-7-5-9-20(22(17)19)31(26,29)30/h4-9,15-16,18H,10-14H2,1-3H3,(H,24,28). The van der Waals surface area contributed by atoms with Crippen molar-refractivity contribution in [2.45, 2.75) is 44.6 Å². The molecule has 1 N–H and O–H groups in total. The number of nitrogens with one attached hydrogen (secondary N) is 1. The predicted molar refractivity (Wildman–Crippen MR) is 120 cm³/mol. The van der Waals surface area contributed by atoms with Gasteiger partial charge in [-0.1, -0.05) is 38.1 Å². The summed E-state index contributed by atoms with van der Waals surface area (Å²) in [6.07, 6.45) is 1.18. The molecule has 0 saturated carbocycles.